The van der Waals surface area contributed by atoms with Gasteiger partial charge in [-0.05, 0) is 59.7 Å². The van der Waals surface area contributed by atoms with Gasteiger partial charge in [-0.3, -0.25) is 9.52 Å². The Bertz CT molecular complexity index is 1070. The molecule has 3 aromatic rings. The van der Waals surface area contributed by atoms with Crippen molar-refractivity contribution in [2.45, 2.75) is 31.0 Å². The highest BCUT2D eigenvalue weighted by molar-refractivity contribution is 7.94. The quantitative estimate of drug-likeness (QED) is 0.557. The Morgan fingerprint density at radius 1 is 0.966 bits per heavy atom. The fourth-order valence-corrected chi connectivity index (χ4v) is 5.13. The maximum Gasteiger partial charge on any atom is 0.271 e. The highest BCUT2D eigenvalue weighted by Crippen LogP contribution is 2.25. The van der Waals surface area contributed by atoms with Gasteiger partial charge in [-0.25, -0.2) is 8.42 Å². The summed E-state index contributed by atoms with van der Waals surface area (Å²) in [7, 11) is -3.61. The lowest BCUT2D eigenvalue weighted by atomic mass is 9.92. The Morgan fingerprint density at radius 2 is 1.66 bits per heavy atom. The fraction of sp³-hybridized carbons (Fsp3) is 0.227. The lowest BCUT2D eigenvalue weighted by Gasteiger charge is -2.24. The summed E-state index contributed by atoms with van der Waals surface area (Å²) in [6.07, 6.45) is 0. The van der Waals surface area contributed by atoms with Crippen LogP contribution in [0.3, 0.4) is 0 Å². The van der Waals surface area contributed by atoms with Gasteiger partial charge in [-0.2, -0.15) is 0 Å². The van der Waals surface area contributed by atoms with Crippen LogP contribution in [0.4, 0.5) is 5.69 Å². The van der Waals surface area contributed by atoms with Crippen molar-refractivity contribution >= 4 is 33.0 Å². The number of benzene rings is 2. The highest BCUT2D eigenvalue weighted by Gasteiger charge is 2.21. The molecule has 2 N–H and O–H groups in total. The van der Waals surface area contributed by atoms with Crippen LogP contribution in [0.15, 0.2) is 70.3 Å². The molecule has 152 valence electrons. The molecule has 0 saturated heterocycles. The highest BCUT2D eigenvalue weighted by atomic mass is 32.2. The molecule has 5 nitrogen and oxygen atoms in total. The summed E-state index contributed by atoms with van der Waals surface area (Å²) >= 11 is 1.15. The molecule has 0 saturated carbocycles. The number of nitrogens with one attached hydrogen (secondary N) is 2. The fourth-order valence-electron chi connectivity index (χ4n) is 3.08. The lowest BCUT2D eigenvalue weighted by molar-refractivity contribution is 0.0925. The second-order valence-corrected chi connectivity index (χ2v) is 10.0. The maximum absolute atomic E-state index is 12.8. The number of amides is 1. The summed E-state index contributed by atoms with van der Waals surface area (Å²) in [4.78, 5) is 12.8. The minimum Gasteiger partial charge on any atom is -0.345 e. The van der Waals surface area contributed by atoms with Crippen LogP contribution < -0.4 is 10.0 Å². The molecule has 2 aromatic carbocycles. The summed E-state index contributed by atoms with van der Waals surface area (Å²) in [5, 5.41) is 4.81. The van der Waals surface area contributed by atoms with Gasteiger partial charge in [0.25, 0.3) is 15.9 Å². The second kappa shape index (κ2) is 8.80. The van der Waals surface area contributed by atoms with E-state index in [0.717, 1.165) is 22.5 Å². The predicted octanol–water partition coefficient (Wildman–Crippen LogP) is 4.98. The smallest absolute Gasteiger partial charge is 0.271 e. The van der Waals surface area contributed by atoms with Gasteiger partial charge in [0.1, 0.15) is 4.21 Å². The van der Waals surface area contributed by atoms with Crippen LogP contribution in [0, 0.1) is 12.8 Å². The molecule has 7 heteroatoms. The Labute approximate surface area is 175 Å². The summed E-state index contributed by atoms with van der Waals surface area (Å²) in [5.41, 5.74) is 3.11. The first-order valence-corrected chi connectivity index (χ1v) is 11.7. The number of aryl methyl sites for hydroxylation is 1. The van der Waals surface area contributed by atoms with Crippen molar-refractivity contribution in [1.29, 1.82) is 0 Å². The Kier molecular flexibility index (Phi) is 6.39. The number of rotatable bonds is 7. The molecular formula is C22H24N2O3S2. The van der Waals surface area contributed by atoms with Crippen molar-refractivity contribution in [2.24, 2.45) is 5.92 Å². The minimum absolute atomic E-state index is 0.110. The molecule has 29 heavy (non-hydrogen) atoms. The Balaban J connectivity index is 1.74. The van der Waals surface area contributed by atoms with E-state index in [1.165, 1.54) is 0 Å². The third kappa shape index (κ3) is 5.05. The number of carbonyl (C=O) groups excluding carboxylic acids is 1. The van der Waals surface area contributed by atoms with E-state index in [-0.39, 0.29) is 22.1 Å². The van der Waals surface area contributed by atoms with E-state index in [2.05, 4.69) is 23.9 Å². The molecule has 0 bridgehead atoms. The number of hydrogen-bond acceptors (Lipinski definition) is 4. The Hall–Kier alpha value is -2.64. The third-order valence-corrected chi connectivity index (χ3v) is 7.41. The molecule has 0 spiro atoms. The van der Waals surface area contributed by atoms with E-state index in [4.69, 9.17) is 0 Å². The van der Waals surface area contributed by atoms with Gasteiger partial charge >= 0.3 is 0 Å². The molecular weight excluding hydrogens is 404 g/mol. The molecule has 3 rings (SSSR count). The van der Waals surface area contributed by atoms with E-state index < -0.39 is 10.0 Å². The number of thiophene rings is 1. The van der Waals surface area contributed by atoms with Crippen molar-refractivity contribution in [3.05, 3.63) is 82.7 Å². The first-order valence-electron chi connectivity index (χ1n) is 9.30. The van der Waals surface area contributed by atoms with Gasteiger partial charge in [-0.15, -0.1) is 11.3 Å². The van der Waals surface area contributed by atoms with Crippen LogP contribution in [-0.2, 0) is 10.0 Å². The normalized spacial score (nSPS) is 12.6. The molecule has 0 fully saturated rings. The number of sulfonamides is 1. The maximum atomic E-state index is 12.8. The van der Waals surface area contributed by atoms with Gasteiger partial charge in [0, 0.05) is 11.3 Å². The summed E-state index contributed by atoms with van der Waals surface area (Å²) in [6, 6.07) is 17.6. The van der Waals surface area contributed by atoms with Crippen LogP contribution in [-0.4, -0.2) is 14.3 Å². The second-order valence-electron chi connectivity index (χ2n) is 7.17. The summed E-state index contributed by atoms with van der Waals surface area (Å²) in [6.45, 7) is 6.17. The zero-order valence-electron chi connectivity index (χ0n) is 16.5. The van der Waals surface area contributed by atoms with Crippen LogP contribution in [0.25, 0.3) is 0 Å². The van der Waals surface area contributed by atoms with Gasteiger partial charge in [0.05, 0.1) is 6.04 Å². The molecule has 0 aliphatic rings. The zero-order chi connectivity index (χ0) is 21.0. The van der Waals surface area contributed by atoms with Crippen molar-refractivity contribution in [2.75, 3.05) is 4.72 Å². The van der Waals surface area contributed by atoms with Crippen LogP contribution in [0.5, 0.6) is 0 Å². The SMILES string of the molecule is Cc1ccccc1[C@@H](NC(=O)c1ccc(NS(=O)(=O)c2cccs2)cc1)C(C)C. The van der Waals surface area contributed by atoms with Crippen molar-refractivity contribution in [3.8, 4) is 0 Å². The van der Waals surface area contributed by atoms with E-state index in [1.807, 2.05) is 31.2 Å². The topological polar surface area (TPSA) is 75.3 Å². The van der Waals surface area contributed by atoms with Crippen molar-refractivity contribution < 1.29 is 13.2 Å². The summed E-state index contributed by atoms with van der Waals surface area (Å²) < 4.78 is 27.4. The standard InChI is InChI=1S/C22H24N2O3S2/c1-15(2)21(19-8-5-4-7-16(19)3)23-22(25)17-10-12-18(13-11-17)24-29(26,27)20-9-6-14-28-20/h4-15,21,24H,1-3H3,(H,23,25)/t21-/m0/s1. The van der Waals surface area contributed by atoms with Crippen molar-refractivity contribution in [3.63, 3.8) is 0 Å². The van der Waals surface area contributed by atoms with Gasteiger partial charge in [-0.1, -0.05) is 44.2 Å². The average Bonchev–Trinajstić information content (AvgIpc) is 3.22. The van der Waals surface area contributed by atoms with Gasteiger partial charge < -0.3 is 5.32 Å². The molecule has 0 unspecified atom stereocenters. The number of carbonyl (C=O) groups is 1. The van der Waals surface area contributed by atoms with Crippen LogP contribution >= 0.6 is 11.3 Å². The Morgan fingerprint density at radius 3 is 2.24 bits per heavy atom. The van der Waals surface area contributed by atoms with E-state index >= 15 is 0 Å². The number of hydrogen-bond donors (Lipinski definition) is 2. The van der Waals surface area contributed by atoms with Crippen molar-refractivity contribution in [1.82, 2.24) is 5.32 Å². The molecule has 0 radical (unpaired) electrons. The molecule has 1 amide bonds. The first-order chi connectivity index (χ1) is 13.8. The average molecular weight is 429 g/mol. The van der Waals surface area contributed by atoms with Gasteiger partial charge in [0.15, 0.2) is 0 Å². The largest absolute Gasteiger partial charge is 0.345 e. The summed E-state index contributed by atoms with van der Waals surface area (Å²) in [5.74, 6) is 0.0246. The molecule has 1 aromatic heterocycles. The molecule has 0 aliphatic carbocycles. The van der Waals surface area contributed by atoms with Gasteiger partial charge in [0.2, 0.25) is 0 Å². The third-order valence-electron chi connectivity index (χ3n) is 4.64. The van der Waals surface area contributed by atoms with E-state index in [1.54, 1.807) is 41.8 Å². The minimum atomic E-state index is -3.61. The monoisotopic (exact) mass is 428 g/mol. The van der Waals surface area contributed by atoms with E-state index in [0.29, 0.717) is 11.3 Å². The number of anilines is 1. The molecule has 0 aliphatic heterocycles. The lowest BCUT2D eigenvalue weighted by Crippen LogP contribution is -2.32. The zero-order valence-corrected chi connectivity index (χ0v) is 18.2. The molecule has 1 heterocycles. The first kappa shape index (κ1) is 21.1. The predicted molar refractivity (Wildman–Crippen MR) is 118 cm³/mol. The molecule has 1 atom stereocenters. The van der Waals surface area contributed by atoms with Crippen LogP contribution in [0.1, 0.15) is 41.4 Å². The van der Waals surface area contributed by atoms with E-state index in [9.17, 15) is 13.2 Å². The van der Waals surface area contributed by atoms with Crippen LogP contribution in [0.2, 0.25) is 0 Å².